The Hall–Kier alpha value is -3.01. The minimum atomic E-state index is -0.258. The lowest BCUT2D eigenvalue weighted by Gasteiger charge is -2.07. The Morgan fingerprint density at radius 2 is 1.90 bits per heavy atom. The molecule has 0 atom stereocenters. The van der Waals surface area contributed by atoms with E-state index >= 15 is 0 Å². The van der Waals surface area contributed by atoms with Crippen molar-refractivity contribution in [3.05, 3.63) is 89.6 Å². The highest BCUT2D eigenvalue weighted by atomic mass is 19.1. The van der Waals surface area contributed by atoms with Crippen LogP contribution in [0.3, 0.4) is 0 Å². The number of hydrogen-bond donors (Lipinski definition) is 1. The van der Waals surface area contributed by atoms with Crippen LogP contribution in [0.25, 0.3) is 11.1 Å². The van der Waals surface area contributed by atoms with Gasteiger partial charge in [-0.1, -0.05) is 68.8 Å². The molecule has 30 heavy (non-hydrogen) atoms. The van der Waals surface area contributed by atoms with Crippen molar-refractivity contribution >= 4 is 16.9 Å². The molecule has 1 N–H and O–H groups in total. The van der Waals surface area contributed by atoms with E-state index in [0.29, 0.717) is 12.0 Å². The maximum Gasteiger partial charge on any atom is 0.155 e. The number of hydrogen-bond acceptors (Lipinski definition) is 2. The summed E-state index contributed by atoms with van der Waals surface area (Å²) >= 11 is 0. The van der Waals surface area contributed by atoms with Crippen molar-refractivity contribution in [2.75, 3.05) is 0 Å². The molecule has 160 valence electrons. The topological polar surface area (TPSA) is 45.8 Å². The summed E-state index contributed by atoms with van der Waals surface area (Å²) in [6.45, 7) is 9.83. The largest absolute Gasteiger partial charge is 0.295 e. The number of carbonyl (C=O) groups excluding carboxylic acids is 1. The highest BCUT2D eigenvalue weighted by molar-refractivity contribution is 5.96. The summed E-state index contributed by atoms with van der Waals surface area (Å²) in [5.74, 6) is -0.210. The van der Waals surface area contributed by atoms with Gasteiger partial charge in [-0.25, -0.2) is 4.39 Å². The number of halogens is 1. The van der Waals surface area contributed by atoms with Gasteiger partial charge in [-0.15, -0.1) is 0 Å². The van der Waals surface area contributed by atoms with Gasteiger partial charge in [-0.3, -0.25) is 9.89 Å². The van der Waals surface area contributed by atoms with Crippen LogP contribution < -0.4 is 0 Å². The van der Waals surface area contributed by atoms with Crippen LogP contribution in [0, 0.1) is 12.7 Å². The first-order valence-corrected chi connectivity index (χ1v) is 10.4. The second-order valence-electron chi connectivity index (χ2n) is 6.80. The van der Waals surface area contributed by atoms with Crippen molar-refractivity contribution in [1.29, 1.82) is 0 Å². The molecular formula is C26H33FN2O. The molecule has 0 saturated heterocycles. The van der Waals surface area contributed by atoms with Gasteiger partial charge in [0, 0.05) is 23.3 Å². The predicted octanol–water partition coefficient (Wildman–Crippen LogP) is 7.24. The predicted molar refractivity (Wildman–Crippen MR) is 126 cm³/mol. The molecule has 2 rings (SSSR count). The van der Waals surface area contributed by atoms with E-state index in [1.165, 1.54) is 6.07 Å². The number of allylic oxidation sites excluding steroid dienone is 8. The van der Waals surface area contributed by atoms with Gasteiger partial charge in [0.1, 0.15) is 5.82 Å². The van der Waals surface area contributed by atoms with Gasteiger partial charge < -0.3 is 0 Å². The monoisotopic (exact) mass is 408 g/mol. The highest BCUT2D eigenvalue weighted by Crippen LogP contribution is 2.22. The minimum Gasteiger partial charge on any atom is -0.295 e. The van der Waals surface area contributed by atoms with Gasteiger partial charge in [0.2, 0.25) is 0 Å². The number of carbonyl (C=O) groups is 1. The molecule has 0 saturated carbocycles. The SMILES string of the molecule is CC=C/C=C(\C=C/C)c1cc(C)[nH]n1.CCC/C(=C\C(=O)CC)c1ccccc1F. The Morgan fingerprint density at radius 3 is 2.43 bits per heavy atom. The smallest absolute Gasteiger partial charge is 0.155 e. The number of aryl methyl sites for hydroxylation is 1. The molecular weight excluding hydrogens is 375 g/mol. The minimum absolute atomic E-state index is 0.0479. The molecule has 0 amide bonds. The molecule has 0 fully saturated rings. The van der Waals surface area contributed by atoms with Crippen LogP contribution in [0.15, 0.2) is 66.8 Å². The number of aromatic amines is 1. The van der Waals surface area contributed by atoms with Crippen LogP contribution in [-0.4, -0.2) is 16.0 Å². The summed E-state index contributed by atoms with van der Waals surface area (Å²) in [5, 5.41) is 7.14. The van der Waals surface area contributed by atoms with Crippen LogP contribution in [0.4, 0.5) is 4.39 Å². The van der Waals surface area contributed by atoms with Crippen LogP contribution >= 0.6 is 0 Å². The average molecular weight is 409 g/mol. The summed E-state index contributed by atoms with van der Waals surface area (Å²) in [7, 11) is 0. The number of aromatic nitrogens is 2. The lowest BCUT2D eigenvalue weighted by Crippen LogP contribution is -1.95. The van der Waals surface area contributed by atoms with Crippen LogP contribution in [0.5, 0.6) is 0 Å². The van der Waals surface area contributed by atoms with E-state index in [9.17, 15) is 9.18 Å². The highest BCUT2D eigenvalue weighted by Gasteiger charge is 2.07. The van der Waals surface area contributed by atoms with Gasteiger partial charge in [0.15, 0.2) is 5.78 Å². The maximum absolute atomic E-state index is 13.6. The average Bonchev–Trinajstić information content (AvgIpc) is 3.17. The Kier molecular flexibility index (Phi) is 11.7. The van der Waals surface area contributed by atoms with E-state index < -0.39 is 0 Å². The number of nitrogens with one attached hydrogen (secondary N) is 1. The quantitative estimate of drug-likeness (QED) is 0.369. The van der Waals surface area contributed by atoms with Crippen molar-refractivity contribution < 1.29 is 9.18 Å². The van der Waals surface area contributed by atoms with Gasteiger partial charge in [0.05, 0.1) is 5.69 Å². The van der Waals surface area contributed by atoms with Gasteiger partial charge >= 0.3 is 0 Å². The van der Waals surface area contributed by atoms with E-state index in [-0.39, 0.29) is 11.6 Å². The number of H-pyrrole nitrogens is 1. The molecule has 0 aliphatic carbocycles. The number of ketones is 1. The van der Waals surface area contributed by atoms with Crippen molar-refractivity contribution in [3.8, 4) is 0 Å². The van der Waals surface area contributed by atoms with Crippen molar-refractivity contribution in [3.63, 3.8) is 0 Å². The number of rotatable bonds is 8. The second-order valence-corrected chi connectivity index (χ2v) is 6.80. The van der Waals surface area contributed by atoms with E-state index in [1.807, 2.05) is 58.9 Å². The molecule has 0 aliphatic heterocycles. The zero-order chi connectivity index (χ0) is 22.4. The Labute approximate surface area is 180 Å². The van der Waals surface area contributed by atoms with E-state index in [4.69, 9.17) is 0 Å². The molecule has 1 aromatic heterocycles. The third kappa shape index (κ3) is 8.56. The van der Waals surface area contributed by atoms with Crippen LogP contribution in [-0.2, 0) is 4.79 Å². The Morgan fingerprint density at radius 1 is 1.17 bits per heavy atom. The number of nitrogens with zero attached hydrogens (tertiary/aromatic N) is 1. The third-order valence-corrected chi connectivity index (χ3v) is 4.24. The summed E-state index contributed by atoms with van der Waals surface area (Å²) in [6.07, 6.45) is 13.8. The zero-order valence-corrected chi connectivity index (χ0v) is 18.7. The van der Waals surface area contributed by atoms with Crippen molar-refractivity contribution in [1.82, 2.24) is 10.2 Å². The lowest BCUT2D eigenvalue weighted by molar-refractivity contribution is -0.114. The molecule has 1 aromatic carbocycles. The second kappa shape index (κ2) is 14.0. The first kappa shape index (κ1) is 25.0. The van der Waals surface area contributed by atoms with E-state index in [1.54, 1.807) is 24.3 Å². The maximum atomic E-state index is 13.6. The molecule has 2 aromatic rings. The van der Waals surface area contributed by atoms with Gasteiger partial charge in [0.25, 0.3) is 0 Å². The van der Waals surface area contributed by atoms with E-state index in [0.717, 1.165) is 35.4 Å². The van der Waals surface area contributed by atoms with Crippen LogP contribution in [0.1, 0.15) is 63.9 Å². The molecule has 4 heteroatoms. The third-order valence-electron chi connectivity index (χ3n) is 4.24. The molecule has 0 aliphatic rings. The van der Waals surface area contributed by atoms with Gasteiger partial charge in [-0.2, -0.15) is 5.10 Å². The molecule has 0 bridgehead atoms. The molecule has 3 nitrogen and oxygen atoms in total. The Bertz CT molecular complexity index is 917. The fraction of sp³-hybridized carbons (Fsp3) is 0.308. The number of benzene rings is 1. The Balaban J connectivity index is 0.000000303. The summed E-state index contributed by atoms with van der Waals surface area (Å²) in [4.78, 5) is 11.4. The fourth-order valence-corrected chi connectivity index (χ4v) is 2.74. The normalized spacial score (nSPS) is 12.3. The molecule has 0 radical (unpaired) electrons. The van der Waals surface area contributed by atoms with Crippen molar-refractivity contribution in [2.24, 2.45) is 0 Å². The van der Waals surface area contributed by atoms with Gasteiger partial charge in [-0.05, 0) is 51.0 Å². The summed E-state index contributed by atoms with van der Waals surface area (Å²) in [5.41, 5.74) is 4.53. The molecule has 1 heterocycles. The molecule has 0 spiro atoms. The first-order chi connectivity index (χ1) is 14.5. The summed E-state index contributed by atoms with van der Waals surface area (Å²) in [6, 6.07) is 8.63. The zero-order valence-electron chi connectivity index (χ0n) is 18.7. The van der Waals surface area contributed by atoms with E-state index in [2.05, 4.69) is 22.3 Å². The lowest BCUT2D eigenvalue weighted by atomic mass is 9.99. The first-order valence-electron chi connectivity index (χ1n) is 10.4. The molecule has 0 unspecified atom stereocenters. The van der Waals surface area contributed by atoms with Crippen LogP contribution in [0.2, 0.25) is 0 Å². The fourth-order valence-electron chi connectivity index (χ4n) is 2.74. The standard InChI is InChI=1S/C14H17FO.C12H16N2/c1-3-7-11(10-12(16)4-2)13-8-5-6-9-14(13)15;1-4-6-8-11(7-5-2)12-9-10(3)13-14-12/h5-6,8-10H,3-4,7H2,1-2H3;4-9H,1-3H3,(H,13,14)/b11-10+;6-4?,7-5-,11-8+. The van der Waals surface area contributed by atoms with Crippen molar-refractivity contribution in [2.45, 2.75) is 53.9 Å². The summed E-state index contributed by atoms with van der Waals surface area (Å²) < 4.78 is 13.6.